The summed E-state index contributed by atoms with van der Waals surface area (Å²) >= 11 is 1.67. The highest BCUT2D eigenvalue weighted by molar-refractivity contribution is 7.21. The maximum Gasteiger partial charge on any atom is 0.225 e. The number of aryl methyl sites for hydroxylation is 1. The highest BCUT2D eigenvalue weighted by atomic mass is 32.1. The maximum atomic E-state index is 11.7. The van der Waals surface area contributed by atoms with Gasteiger partial charge in [0, 0.05) is 30.1 Å². The fourth-order valence-electron chi connectivity index (χ4n) is 4.93. The van der Waals surface area contributed by atoms with Crippen molar-refractivity contribution < 1.29 is 4.79 Å². The van der Waals surface area contributed by atoms with E-state index in [1.165, 1.54) is 19.3 Å². The predicted molar refractivity (Wildman–Crippen MR) is 130 cm³/mol. The number of anilines is 2. The number of carbonyl (C=O) groups is 1. The molecule has 9 heteroatoms. The SMILES string of the molecule is Cc1nc(NC2CCC2)nc(NC2CCC(C(N)=O)C2)c1-c1nc2c(C3CC3)nccc2s1. The topological polar surface area (TPSA) is 119 Å². The van der Waals surface area contributed by atoms with Gasteiger partial charge in [0.25, 0.3) is 0 Å². The molecule has 2 atom stereocenters. The summed E-state index contributed by atoms with van der Waals surface area (Å²) in [5.74, 6) is 1.71. The second-order valence-corrected chi connectivity index (χ2v) is 10.7. The Hall–Kier alpha value is -2.81. The Labute approximate surface area is 196 Å². The quantitative estimate of drug-likeness (QED) is 0.476. The number of thiazole rings is 1. The molecule has 0 aliphatic heterocycles. The average molecular weight is 464 g/mol. The number of rotatable bonds is 7. The van der Waals surface area contributed by atoms with Crippen LogP contribution in [-0.2, 0) is 4.79 Å². The van der Waals surface area contributed by atoms with Gasteiger partial charge in [0.05, 0.1) is 21.7 Å². The van der Waals surface area contributed by atoms with E-state index in [9.17, 15) is 4.79 Å². The van der Waals surface area contributed by atoms with Gasteiger partial charge in [-0.15, -0.1) is 11.3 Å². The largest absolute Gasteiger partial charge is 0.369 e. The molecule has 8 nitrogen and oxygen atoms in total. The number of fused-ring (bicyclic) bond motifs is 1. The van der Waals surface area contributed by atoms with Crippen LogP contribution in [0.5, 0.6) is 0 Å². The van der Waals surface area contributed by atoms with Gasteiger partial charge in [-0.05, 0) is 64.4 Å². The number of nitrogens with zero attached hydrogens (tertiary/aromatic N) is 4. The molecule has 0 bridgehead atoms. The molecule has 172 valence electrons. The predicted octanol–water partition coefficient (Wildman–Crippen LogP) is 4.36. The van der Waals surface area contributed by atoms with Gasteiger partial charge in [-0.1, -0.05) is 0 Å². The third-order valence-corrected chi connectivity index (χ3v) is 8.26. The molecule has 0 spiro atoms. The number of hydrogen-bond acceptors (Lipinski definition) is 8. The van der Waals surface area contributed by atoms with Crippen LogP contribution < -0.4 is 16.4 Å². The molecule has 0 saturated heterocycles. The molecule has 0 radical (unpaired) electrons. The Balaban J connectivity index is 1.39. The molecular weight excluding hydrogens is 434 g/mol. The average Bonchev–Trinajstić information content (AvgIpc) is 3.33. The van der Waals surface area contributed by atoms with E-state index in [0.717, 1.165) is 70.1 Å². The first-order valence-corrected chi connectivity index (χ1v) is 12.8. The third kappa shape index (κ3) is 4.03. The molecule has 4 N–H and O–H groups in total. The van der Waals surface area contributed by atoms with E-state index in [0.29, 0.717) is 17.9 Å². The summed E-state index contributed by atoms with van der Waals surface area (Å²) in [7, 11) is 0. The molecule has 0 aromatic carbocycles. The lowest BCUT2D eigenvalue weighted by Crippen LogP contribution is -2.28. The minimum absolute atomic E-state index is 0.0731. The molecule has 3 aromatic rings. The van der Waals surface area contributed by atoms with Gasteiger partial charge in [-0.2, -0.15) is 4.98 Å². The van der Waals surface area contributed by atoms with Crippen molar-refractivity contribution in [2.75, 3.05) is 10.6 Å². The Kier molecular flexibility index (Phi) is 5.16. The van der Waals surface area contributed by atoms with Crippen LogP contribution in [0.3, 0.4) is 0 Å². The Bertz CT molecular complexity index is 1220. The summed E-state index contributed by atoms with van der Waals surface area (Å²) < 4.78 is 1.15. The molecule has 3 aliphatic carbocycles. The number of amides is 1. The van der Waals surface area contributed by atoms with Crippen molar-refractivity contribution in [1.29, 1.82) is 0 Å². The monoisotopic (exact) mass is 463 g/mol. The summed E-state index contributed by atoms with van der Waals surface area (Å²) in [5, 5.41) is 8.03. The summed E-state index contributed by atoms with van der Waals surface area (Å²) in [6.45, 7) is 2.03. The minimum Gasteiger partial charge on any atom is -0.369 e. The van der Waals surface area contributed by atoms with Crippen molar-refractivity contribution in [3.8, 4) is 10.6 Å². The number of carbonyl (C=O) groups excluding carboxylic acids is 1. The van der Waals surface area contributed by atoms with E-state index < -0.39 is 0 Å². The number of aromatic nitrogens is 4. The molecule has 3 fully saturated rings. The molecule has 3 aromatic heterocycles. The fraction of sp³-hybridized carbons (Fsp3) is 0.542. The molecule has 6 rings (SSSR count). The van der Waals surface area contributed by atoms with Crippen molar-refractivity contribution in [2.24, 2.45) is 11.7 Å². The summed E-state index contributed by atoms with van der Waals surface area (Å²) in [4.78, 5) is 31.1. The van der Waals surface area contributed by atoms with Crippen LogP contribution in [0.4, 0.5) is 11.8 Å². The molecule has 3 heterocycles. The second kappa shape index (κ2) is 8.20. The van der Waals surface area contributed by atoms with Gasteiger partial charge in [0.15, 0.2) is 0 Å². The lowest BCUT2D eigenvalue weighted by atomic mass is 9.93. The van der Waals surface area contributed by atoms with Crippen LogP contribution >= 0.6 is 11.3 Å². The van der Waals surface area contributed by atoms with Crippen LogP contribution in [0, 0.1) is 12.8 Å². The zero-order valence-electron chi connectivity index (χ0n) is 18.8. The summed E-state index contributed by atoms with van der Waals surface area (Å²) in [5.41, 5.74) is 9.54. The van der Waals surface area contributed by atoms with E-state index in [4.69, 9.17) is 20.7 Å². The normalized spacial score (nSPS) is 22.9. The number of nitrogens with two attached hydrogens (primary N) is 1. The van der Waals surface area contributed by atoms with Gasteiger partial charge in [-0.3, -0.25) is 9.78 Å². The Morgan fingerprint density at radius 2 is 1.91 bits per heavy atom. The number of primary amides is 1. The standard InChI is InChI=1S/C24H29N7OS/c1-12-18(23-30-20-17(33-23)9-10-26-19(20)13-5-6-13)22(28-16-8-7-14(11-16)21(25)32)31-24(27-12)29-15-3-2-4-15/h9-10,13-16H,2-8,11H2,1H3,(H2,25,32)(H2,27,28,29,31). The fourth-order valence-corrected chi connectivity index (χ4v) is 6.00. The van der Waals surface area contributed by atoms with E-state index in [1.54, 1.807) is 11.3 Å². The lowest BCUT2D eigenvalue weighted by molar-refractivity contribution is -0.121. The van der Waals surface area contributed by atoms with Crippen molar-refractivity contribution in [3.63, 3.8) is 0 Å². The number of nitrogens with one attached hydrogen (secondary N) is 2. The highest BCUT2D eigenvalue weighted by Crippen LogP contribution is 2.44. The second-order valence-electron chi connectivity index (χ2n) is 9.72. The van der Waals surface area contributed by atoms with Gasteiger partial charge >= 0.3 is 0 Å². The Morgan fingerprint density at radius 1 is 1.06 bits per heavy atom. The van der Waals surface area contributed by atoms with E-state index in [1.807, 2.05) is 19.2 Å². The van der Waals surface area contributed by atoms with Crippen molar-refractivity contribution in [2.45, 2.75) is 76.3 Å². The maximum absolute atomic E-state index is 11.7. The summed E-state index contributed by atoms with van der Waals surface area (Å²) in [6.07, 6.45) is 10.3. The van der Waals surface area contributed by atoms with E-state index in [2.05, 4.69) is 15.6 Å². The first-order chi connectivity index (χ1) is 16.0. The van der Waals surface area contributed by atoms with E-state index in [-0.39, 0.29) is 17.9 Å². The minimum atomic E-state index is -0.211. The third-order valence-electron chi connectivity index (χ3n) is 7.22. The van der Waals surface area contributed by atoms with Crippen molar-refractivity contribution in [3.05, 3.63) is 23.7 Å². The van der Waals surface area contributed by atoms with Crippen LogP contribution in [0.25, 0.3) is 20.8 Å². The zero-order chi connectivity index (χ0) is 22.5. The van der Waals surface area contributed by atoms with E-state index >= 15 is 0 Å². The van der Waals surface area contributed by atoms with Crippen LogP contribution in [0.1, 0.15) is 68.7 Å². The smallest absolute Gasteiger partial charge is 0.225 e. The summed E-state index contributed by atoms with van der Waals surface area (Å²) in [6, 6.07) is 2.65. The van der Waals surface area contributed by atoms with Crippen molar-refractivity contribution in [1.82, 2.24) is 19.9 Å². The van der Waals surface area contributed by atoms with Gasteiger partial charge in [0.1, 0.15) is 16.3 Å². The zero-order valence-corrected chi connectivity index (χ0v) is 19.6. The van der Waals surface area contributed by atoms with Crippen LogP contribution in [0.2, 0.25) is 0 Å². The van der Waals surface area contributed by atoms with Crippen LogP contribution in [0.15, 0.2) is 12.3 Å². The molecule has 33 heavy (non-hydrogen) atoms. The van der Waals surface area contributed by atoms with Crippen LogP contribution in [-0.4, -0.2) is 37.9 Å². The van der Waals surface area contributed by atoms with Crippen molar-refractivity contribution >= 4 is 39.2 Å². The van der Waals surface area contributed by atoms with Gasteiger partial charge in [-0.25, -0.2) is 9.97 Å². The molecule has 3 saturated carbocycles. The number of pyridine rings is 1. The molecule has 3 aliphatic rings. The number of hydrogen-bond donors (Lipinski definition) is 3. The Morgan fingerprint density at radius 3 is 2.61 bits per heavy atom. The highest BCUT2D eigenvalue weighted by Gasteiger charge is 2.31. The first-order valence-electron chi connectivity index (χ1n) is 12.0. The molecular formula is C24H29N7OS. The van der Waals surface area contributed by atoms with Gasteiger partial charge in [0.2, 0.25) is 11.9 Å². The molecule has 1 amide bonds. The van der Waals surface area contributed by atoms with Gasteiger partial charge < -0.3 is 16.4 Å². The molecule has 2 unspecified atom stereocenters. The first kappa shape index (κ1) is 20.8. The lowest BCUT2D eigenvalue weighted by Gasteiger charge is -2.27.